The molecule has 1 aliphatic rings. The van der Waals surface area contributed by atoms with Gasteiger partial charge in [-0.05, 0) is 58.4 Å². The smallest absolute Gasteiger partial charge is 0 e. The largest absolute Gasteiger partial charge is 0.0616 e. The van der Waals surface area contributed by atoms with Crippen LogP contribution in [-0.4, -0.2) is 18.0 Å². The summed E-state index contributed by atoms with van der Waals surface area (Å²) in [5.41, 5.74) is 3.17. The molecule has 19 heavy (non-hydrogen) atoms. The maximum absolute atomic E-state index is 2.35. The van der Waals surface area contributed by atoms with Crippen LogP contribution in [0.2, 0.25) is 0 Å². The van der Waals surface area contributed by atoms with E-state index in [4.69, 9.17) is 0 Å². The van der Waals surface area contributed by atoms with Gasteiger partial charge in [-0.15, -0.1) is 0 Å². The van der Waals surface area contributed by atoms with Crippen molar-refractivity contribution < 1.29 is 0 Å². The Morgan fingerprint density at radius 1 is 0.632 bits per heavy atom. The molecule has 3 aromatic carbocycles. The minimum atomic E-state index is 0. The molecule has 4 rings (SSSR count). The van der Waals surface area contributed by atoms with Crippen molar-refractivity contribution in [1.82, 2.24) is 0 Å². The van der Waals surface area contributed by atoms with Crippen molar-refractivity contribution in [3.8, 4) is 0 Å². The maximum Gasteiger partial charge on any atom is 0 e. The first kappa shape index (κ1) is 12.8. The number of aryl methyl sites for hydroxylation is 2. The second-order valence-electron chi connectivity index (χ2n) is 5.29. The molecule has 0 saturated carbocycles. The molecule has 3 radical (unpaired) electrons. The van der Waals surface area contributed by atoms with Gasteiger partial charge in [-0.25, -0.2) is 0 Å². The van der Waals surface area contributed by atoms with Crippen LogP contribution in [0, 0.1) is 0 Å². The predicted molar refractivity (Wildman–Crippen MR) is 83.9 cm³/mol. The minimum Gasteiger partial charge on any atom is -0.0616 e. The molecule has 0 aromatic heterocycles. The van der Waals surface area contributed by atoms with Crippen LogP contribution in [0.3, 0.4) is 0 Å². The molecule has 0 saturated heterocycles. The molecule has 0 fully saturated rings. The van der Waals surface area contributed by atoms with Crippen LogP contribution >= 0.6 is 0 Å². The van der Waals surface area contributed by atoms with Crippen LogP contribution in [0.25, 0.3) is 21.5 Å². The van der Waals surface area contributed by atoms with Crippen LogP contribution in [0.15, 0.2) is 48.5 Å². The molecule has 93 valence electrons. The van der Waals surface area contributed by atoms with Gasteiger partial charge >= 0.3 is 0 Å². The van der Waals surface area contributed by atoms with Gasteiger partial charge in [-0.2, -0.15) is 0 Å². The summed E-state index contributed by atoms with van der Waals surface area (Å²) in [7, 11) is 0. The first-order chi connectivity index (χ1) is 8.93. The molecule has 3 aromatic rings. The molecule has 0 amide bonds. The van der Waals surface area contributed by atoms with E-state index in [0.717, 1.165) is 0 Å². The van der Waals surface area contributed by atoms with Crippen LogP contribution in [0.1, 0.15) is 24.0 Å². The first-order valence-corrected chi connectivity index (χ1v) is 6.86. The Balaban J connectivity index is 0.00000110. The average Bonchev–Trinajstić information content (AvgIpc) is 2.46. The Morgan fingerprint density at radius 2 is 1.42 bits per heavy atom. The summed E-state index contributed by atoms with van der Waals surface area (Å²) in [4.78, 5) is 0. The van der Waals surface area contributed by atoms with Crippen molar-refractivity contribution in [2.45, 2.75) is 25.7 Å². The van der Waals surface area contributed by atoms with Crippen molar-refractivity contribution >= 4 is 39.5 Å². The number of benzene rings is 3. The molecule has 0 nitrogen and oxygen atoms in total. The minimum absolute atomic E-state index is 0. The van der Waals surface area contributed by atoms with E-state index >= 15 is 0 Å². The summed E-state index contributed by atoms with van der Waals surface area (Å²) in [6, 6.07) is 18.0. The molecule has 0 aliphatic heterocycles. The summed E-state index contributed by atoms with van der Waals surface area (Å²) in [6.07, 6.45) is 5.22. The molecule has 0 spiro atoms. The van der Waals surface area contributed by atoms with E-state index in [1.54, 1.807) is 11.1 Å². The van der Waals surface area contributed by atoms with E-state index in [0.29, 0.717) is 0 Å². The summed E-state index contributed by atoms with van der Waals surface area (Å²) in [6.45, 7) is 0. The summed E-state index contributed by atoms with van der Waals surface area (Å²) >= 11 is 0. The summed E-state index contributed by atoms with van der Waals surface area (Å²) < 4.78 is 0. The van der Waals surface area contributed by atoms with Gasteiger partial charge in [0.1, 0.15) is 0 Å². The Morgan fingerprint density at radius 3 is 2.37 bits per heavy atom. The second-order valence-corrected chi connectivity index (χ2v) is 5.29. The Labute approximate surface area is 125 Å². The zero-order valence-electron chi connectivity index (χ0n) is 10.9. The van der Waals surface area contributed by atoms with E-state index in [-0.39, 0.29) is 18.0 Å². The maximum atomic E-state index is 2.35. The molecule has 0 heterocycles. The molecule has 0 atom stereocenters. The van der Waals surface area contributed by atoms with Crippen molar-refractivity contribution in [2.75, 3.05) is 0 Å². The Hall–Kier alpha value is -1.26. The topological polar surface area (TPSA) is 0 Å². The van der Waals surface area contributed by atoms with Crippen LogP contribution in [0.5, 0.6) is 0 Å². The normalized spacial score (nSPS) is 14.1. The zero-order valence-corrected chi connectivity index (χ0v) is 12.8. The average molecular weight is 307 g/mol. The number of fused-ring (bicyclic) bond motifs is 5. The molecule has 0 N–H and O–H groups in total. The zero-order chi connectivity index (χ0) is 11.9. The molecule has 0 bridgehead atoms. The fraction of sp³-hybridized carbons (Fsp3) is 0.222. The quantitative estimate of drug-likeness (QED) is 0.424. The van der Waals surface area contributed by atoms with E-state index in [9.17, 15) is 0 Å². The Bertz CT molecular complexity index is 743. The van der Waals surface area contributed by atoms with E-state index in [1.807, 2.05) is 0 Å². The number of rotatable bonds is 0. The Kier molecular flexibility index (Phi) is 3.37. The van der Waals surface area contributed by atoms with Crippen molar-refractivity contribution in [2.24, 2.45) is 0 Å². The summed E-state index contributed by atoms with van der Waals surface area (Å²) in [5.74, 6) is 0. The van der Waals surface area contributed by atoms with Crippen molar-refractivity contribution in [1.29, 1.82) is 0 Å². The van der Waals surface area contributed by atoms with Gasteiger partial charge in [-0.1, -0.05) is 48.5 Å². The van der Waals surface area contributed by atoms with Gasteiger partial charge in [0.05, 0.1) is 0 Å². The molecule has 1 aliphatic carbocycles. The van der Waals surface area contributed by atoms with Crippen molar-refractivity contribution in [3.05, 3.63) is 59.7 Å². The monoisotopic (exact) mass is 307 g/mol. The first-order valence-electron chi connectivity index (χ1n) is 6.86. The molecule has 1 heteroatoms. The predicted octanol–water partition coefficient (Wildman–Crippen LogP) is 4.49. The van der Waals surface area contributed by atoms with E-state index in [2.05, 4.69) is 48.5 Å². The fourth-order valence-corrected chi connectivity index (χ4v) is 3.34. The van der Waals surface area contributed by atoms with Gasteiger partial charge in [0, 0.05) is 18.0 Å². The summed E-state index contributed by atoms with van der Waals surface area (Å²) in [5, 5.41) is 5.64. The van der Waals surface area contributed by atoms with Crippen molar-refractivity contribution in [3.63, 3.8) is 0 Å². The van der Waals surface area contributed by atoms with Crippen LogP contribution in [0.4, 0.5) is 0 Å². The third kappa shape index (κ3) is 1.99. The third-order valence-corrected chi connectivity index (χ3v) is 4.26. The molecule has 0 unspecified atom stereocenters. The second kappa shape index (κ2) is 5.02. The fourth-order valence-electron chi connectivity index (χ4n) is 3.34. The van der Waals surface area contributed by atoms with Gasteiger partial charge in [0.25, 0.3) is 0 Å². The van der Waals surface area contributed by atoms with Gasteiger partial charge in [0.2, 0.25) is 0 Å². The van der Waals surface area contributed by atoms with E-state index in [1.165, 1.54) is 47.2 Å². The van der Waals surface area contributed by atoms with Gasteiger partial charge in [-0.3, -0.25) is 0 Å². The number of hydrogen-bond donors (Lipinski definition) is 0. The standard InChI is InChI=1S/C18H16.As/c1-3-7-15-13(5-1)9-11-18-16-8-4-2-6-14(16)10-12-17(15)18;/h1,3,5,7,9-12H,2,4,6,8H2;. The SMILES string of the molecule is [As].c1ccc2c(c1)ccc1c3c(ccc12)CCCC3. The van der Waals surface area contributed by atoms with E-state index < -0.39 is 0 Å². The molecular formula is C18H16As. The third-order valence-electron chi connectivity index (χ3n) is 4.26. The van der Waals surface area contributed by atoms with Crippen LogP contribution in [-0.2, 0) is 12.8 Å². The van der Waals surface area contributed by atoms with Crippen LogP contribution < -0.4 is 0 Å². The van der Waals surface area contributed by atoms with Gasteiger partial charge in [0.15, 0.2) is 0 Å². The number of hydrogen-bond acceptors (Lipinski definition) is 0. The molecular weight excluding hydrogens is 291 g/mol. The van der Waals surface area contributed by atoms with Gasteiger partial charge < -0.3 is 0 Å².